The predicted molar refractivity (Wildman–Crippen MR) is 62.0 cm³/mol. The molecule has 92 valence electrons. The van der Waals surface area contributed by atoms with Gasteiger partial charge in [-0.3, -0.25) is 0 Å². The lowest BCUT2D eigenvalue weighted by Gasteiger charge is -2.22. The predicted octanol–water partition coefficient (Wildman–Crippen LogP) is 3.95. The number of likely N-dealkylation sites (N-methyl/N-ethyl adjacent to an activating group) is 1. The van der Waals surface area contributed by atoms with Crippen LogP contribution in [0.2, 0.25) is 0 Å². The number of hydrogen-bond donors (Lipinski definition) is 0. The van der Waals surface area contributed by atoms with Gasteiger partial charge in [0.1, 0.15) is 0 Å². The van der Waals surface area contributed by atoms with Gasteiger partial charge in [0, 0.05) is 23.8 Å². The molecule has 0 saturated heterocycles. The van der Waals surface area contributed by atoms with E-state index in [4.69, 9.17) is 0 Å². The lowest BCUT2D eigenvalue weighted by atomic mass is 9.84. The lowest BCUT2D eigenvalue weighted by molar-refractivity contribution is -0.137. The maximum absolute atomic E-state index is 12.7. The molecule has 17 heavy (non-hydrogen) atoms. The molecule has 0 radical (unpaired) electrons. The van der Waals surface area contributed by atoms with Crippen molar-refractivity contribution in [2.24, 2.45) is 0 Å². The van der Waals surface area contributed by atoms with Crippen molar-refractivity contribution in [1.29, 1.82) is 0 Å². The van der Waals surface area contributed by atoms with E-state index in [1.54, 1.807) is 0 Å². The summed E-state index contributed by atoms with van der Waals surface area (Å²) in [4.78, 5) is 1.84. The van der Waals surface area contributed by atoms with Crippen molar-refractivity contribution in [2.45, 2.75) is 25.4 Å². The van der Waals surface area contributed by atoms with Crippen molar-refractivity contribution in [2.75, 3.05) is 11.9 Å². The third-order valence-corrected chi connectivity index (χ3v) is 3.48. The number of allylic oxidation sites excluding steroid dienone is 1. The van der Waals surface area contributed by atoms with Crippen molar-refractivity contribution in [3.05, 3.63) is 41.6 Å². The number of benzene rings is 1. The molecule has 4 heteroatoms. The Bertz CT molecular complexity index is 486. The van der Waals surface area contributed by atoms with Crippen LogP contribution in [0.4, 0.5) is 18.9 Å². The summed E-state index contributed by atoms with van der Waals surface area (Å²) < 4.78 is 38.0. The van der Waals surface area contributed by atoms with E-state index < -0.39 is 17.2 Å². The van der Waals surface area contributed by atoms with Crippen molar-refractivity contribution in [3.63, 3.8) is 0 Å². The Kier molecular flexibility index (Phi) is 2.32. The van der Waals surface area contributed by atoms with Gasteiger partial charge in [0.15, 0.2) is 0 Å². The molecule has 0 N–H and O–H groups in total. The highest BCUT2D eigenvalue weighted by atomic mass is 19.4. The molecule has 1 nitrogen and oxygen atoms in total. The molecule has 0 spiro atoms. The van der Waals surface area contributed by atoms with E-state index in [0.717, 1.165) is 17.5 Å². The van der Waals surface area contributed by atoms with Crippen LogP contribution >= 0.6 is 0 Å². The first-order valence-corrected chi connectivity index (χ1v) is 5.30. The third-order valence-electron chi connectivity index (χ3n) is 3.48. The average molecular weight is 241 g/mol. The second-order valence-corrected chi connectivity index (χ2v) is 4.86. The highest BCUT2D eigenvalue weighted by Crippen LogP contribution is 2.47. The Labute approximate surface area is 98.5 Å². The molecular formula is C13H14F3N. The topological polar surface area (TPSA) is 3.24 Å². The van der Waals surface area contributed by atoms with Crippen molar-refractivity contribution in [3.8, 4) is 0 Å². The number of rotatable bonds is 0. The molecule has 1 heterocycles. The van der Waals surface area contributed by atoms with Crippen molar-refractivity contribution < 1.29 is 13.2 Å². The quantitative estimate of drug-likeness (QED) is 0.664. The van der Waals surface area contributed by atoms with E-state index in [2.05, 4.69) is 6.58 Å². The molecule has 0 bridgehead atoms. The van der Waals surface area contributed by atoms with Crippen molar-refractivity contribution >= 4 is 5.69 Å². The van der Waals surface area contributed by atoms with Crippen LogP contribution in [0, 0.1) is 0 Å². The minimum atomic E-state index is -4.30. The Hall–Kier alpha value is -1.45. The molecule has 2 rings (SSSR count). The molecule has 1 aliphatic rings. The summed E-state index contributed by atoms with van der Waals surface area (Å²) in [6.45, 7) is 7.71. The van der Waals surface area contributed by atoms with E-state index >= 15 is 0 Å². The molecule has 0 unspecified atom stereocenters. The van der Waals surface area contributed by atoms with Gasteiger partial charge in [-0.05, 0) is 23.8 Å². The van der Waals surface area contributed by atoms with Crippen LogP contribution in [0.15, 0.2) is 30.5 Å². The lowest BCUT2D eigenvalue weighted by Crippen LogP contribution is -2.21. The molecule has 0 aromatic heterocycles. The molecule has 1 aliphatic heterocycles. The highest BCUT2D eigenvalue weighted by Gasteiger charge is 2.40. The summed E-state index contributed by atoms with van der Waals surface area (Å²) in [6, 6.07) is 3.85. The van der Waals surface area contributed by atoms with Crippen LogP contribution in [0.5, 0.6) is 0 Å². The van der Waals surface area contributed by atoms with Crippen molar-refractivity contribution in [1.82, 2.24) is 0 Å². The SMILES string of the molecule is C=C1N(C)c2ccc(C(F)(F)F)cc2C1(C)C. The summed E-state index contributed by atoms with van der Waals surface area (Å²) >= 11 is 0. The Morgan fingerprint density at radius 2 is 1.82 bits per heavy atom. The molecule has 1 aromatic carbocycles. The van der Waals surface area contributed by atoms with Crippen LogP contribution in [-0.2, 0) is 11.6 Å². The zero-order chi connectivity index (χ0) is 13.0. The second-order valence-electron chi connectivity index (χ2n) is 4.86. The zero-order valence-electron chi connectivity index (χ0n) is 10.0. The maximum Gasteiger partial charge on any atom is 0.416 e. The summed E-state index contributed by atoms with van der Waals surface area (Å²) in [5.41, 5.74) is 1.23. The van der Waals surface area contributed by atoms with Crippen LogP contribution < -0.4 is 4.90 Å². The first-order valence-electron chi connectivity index (χ1n) is 5.30. The van der Waals surface area contributed by atoms with Gasteiger partial charge in [-0.15, -0.1) is 0 Å². The minimum Gasteiger partial charge on any atom is -0.348 e. The molecule has 0 aliphatic carbocycles. The van der Waals surface area contributed by atoms with Gasteiger partial charge in [0.2, 0.25) is 0 Å². The highest BCUT2D eigenvalue weighted by molar-refractivity contribution is 5.70. The molecule has 0 amide bonds. The fraction of sp³-hybridized carbons (Fsp3) is 0.385. The normalized spacial score (nSPS) is 18.5. The molecule has 0 fully saturated rings. The third kappa shape index (κ3) is 1.63. The molecule has 0 saturated carbocycles. The number of alkyl halides is 3. The van der Waals surface area contributed by atoms with Gasteiger partial charge in [-0.2, -0.15) is 13.2 Å². The molecule has 1 aromatic rings. The van der Waals surface area contributed by atoms with Gasteiger partial charge in [0.25, 0.3) is 0 Å². The number of nitrogens with zero attached hydrogens (tertiary/aromatic N) is 1. The van der Waals surface area contributed by atoms with E-state index in [0.29, 0.717) is 5.56 Å². The van der Waals surface area contributed by atoms with Gasteiger partial charge in [-0.1, -0.05) is 20.4 Å². The minimum absolute atomic E-state index is 0.453. The van der Waals surface area contributed by atoms with E-state index in [9.17, 15) is 13.2 Å². The van der Waals surface area contributed by atoms with E-state index in [-0.39, 0.29) is 0 Å². The maximum atomic E-state index is 12.7. The summed E-state index contributed by atoms with van der Waals surface area (Å²) in [6.07, 6.45) is -4.30. The fourth-order valence-corrected chi connectivity index (χ4v) is 2.23. The first kappa shape index (κ1) is 12.0. The number of halogens is 3. The monoisotopic (exact) mass is 241 g/mol. The molecular weight excluding hydrogens is 227 g/mol. The van der Waals surface area contributed by atoms with Crippen LogP contribution in [-0.4, -0.2) is 7.05 Å². The largest absolute Gasteiger partial charge is 0.416 e. The number of fused-ring (bicyclic) bond motifs is 1. The smallest absolute Gasteiger partial charge is 0.348 e. The van der Waals surface area contributed by atoms with Crippen LogP contribution in [0.1, 0.15) is 25.0 Å². The van der Waals surface area contributed by atoms with E-state index in [1.165, 1.54) is 12.1 Å². The Morgan fingerprint density at radius 3 is 2.35 bits per heavy atom. The average Bonchev–Trinajstić information content (AvgIpc) is 2.39. The summed E-state index contributed by atoms with van der Waals surface area (Å²) in [5.74, 6) is 0. The summed E-state index contributed by atoms with van der Waals surface area (Å²) in [5, 5.41) is 0. The van der Waals surface area contributed by atoms with E-state index in [1.807, 2.05) is 25.8 Å². The zero-order valence-corrected chi connectivity index (χ0v) is 10.0. The standard InChI is InChI=1S/C13H14F3N/c1-8-12(2,3)10-7-9(13(14,15)16)5-6-11(10)17(8)4/h5-7H,1H2,2-4H3. The first-order chi connectivity index (χ1) is 7.65. The van der Waals surface area contributed by atoms with Gasteiger partial charge in [-0.25, -0.2) is 0 Å². The van der Waals surface area contributed by atoms with Gasteiger partial charge < -0.3 is 4.90 Å². The van der Waals surface area contributed by atoms with Crippen LogP contribution in [0.25, 0.3) is 0 Å². The fourth-order valence-electron chi connectivity index (χ4n) is 2.23. The second kappa shape index (κ2) is 3.28. The van der Waals surface area contributed by atoms with Gasteiger partial charge in [0.05, 0.1) is 5.56 Å². The Balaban J connectivity index is 2.63. The Morgan fingerprint density at radius 1 is 1.24 bits per heavy atom. The molecule has 0 atom stereocenters. The van der Waals surface area contributed by atoms with Gasteiger partial charge >= 0.3 is 6.18 Å². The number of hydrogen-bond acceptors (Lipinski definition) is 1. The van der Waals surface area contributed by atoms with Crippen LogP contribution in [0.3, 0.4) is 0 Å². The number of anilines is 1. The summed E-state index contributed by atoms with van der Waals surface area (Å²) in [7, 11) is 1.82.